The van der Waals surface area contributed by atoms with Gasteiger partial charge in [0.15, 0.2) is 5.16 Å². The number of hydrogen-bond donors (Lipinski definition) is 2. The fourth-order valence-corrected chi connectivity index (χ4v) is 4.66. The highest BCUT2D eigenvalue weighted by Crippen LogP contribution is 2.31. The van der Waals surface area contributed by atoms with Crippen LogP contribution < -0.4 is 10.7 Å². The van der Waals surface area contributed by atoms with E-state index in [2.05, 4.69) is 15.7 Å². The minimum atomic E-state index is -1.20. The largest absolute Gasteiger partial charge is 0.344 e. The lowest BCUT2D eigenvalue weighted by molar-refractivity contribution is -0.138. The molecule has 8 nitrogen and oxygen atoms in total. The van der Waals surface area contributed by atoms with Crippen LogP contribution in [-0.2, 0) is 15.1 Å². The maximum Gasteiger partial charge on any atom is 0.344 e. The van der Waals surface area contributed by atoms with Gasteiger partial charge in [-0.25, -0.2) is 9.78 Å². The molecule has 33 heavy (non-hydrogen) atoms. The SMILES string of the molecule is CCC1(c2ccccc2)NC(=O)N(NC(=O)CSc2nccn2-c2cccc(C)c2C)C1=O. The number of rotatable bonds is 7. The van der Waals surface area contributed by atoms with E-state index in [0.717, 1.165) is 21.8 Å². The van der Waals surface area contributed by atoms with Crippen LogP contribution in [0.4, 0.5) is 4.79 Å². The summed E-state index contributed by atoms with van der Waals surface area (Å²) >= 11 is 1.23. The molecule has 4 amide bonds. The molecule has 0 bridgehead atoms. The second kappa shape index (κ2) is 9.11. The van der Waals surface area contributed by atoms with Crippen LogP contribution in [0.25, 0.3) is 5.69 Å². The van der Waals surface area contributed by atoms with Crippen molar-refractivity contribution < 1.29 is 14.4 Å². The van der Waals surface area contributed by atoms with Crippen LogP contribution >= 0.6 is 11.8 Å². The number of aryl methyl sites for hydroxylation is 1. The lowest BCUT2D eigenvalue weighted by Crippen LogP contribution is -2.49. The Bertz CT molecular complexity index is 1210. The predicted octanol–water partition coefficient (Wildman–Crippen LogP) is 3.47. The zero-order chi connectivity index (χ0) is 23.6. The maximum absolute atomic E-state index is 13.2. The minimum absolute atomic E-state index is 0.0105. The fourth-order valence-electron chi connectivity index (χ4n) is 3.90. The summed E-state index contributed by atoms with van der Waals surface area (Å²) in [5.41, 5.74) is 5.20. The number of carbonyl (C=O) groups excluding carboxylic acids is 3. The van der Waals surface area contributed by atoms with Gasteiger partial charge in [0, 0.05) is 12.4 Å². The highest BCUT2D eigenvalue weighted by atomic mass is 32.2. The molecule has 170 valence electrons. The number of benzene rings is 2. The lowest BCUT2D eigenvalue weighted by Gasteiger charge is -2.25. The molecule has 2 aromatic carbocycles. The van der Waals surface area contributed by atoms with Crippen LogP contribution in [0.15, 0.2) is 66.1 Å². The van der Waals surface area contributed by atoms with Crippen LogP contribution in [0.1, 0.15) is 30.0 Å². The number of imide groups is 1. The van der Waals surface area contributed by atoms with E-state index < -0.39 is 23.4 Å². The Morgan fingerprint density at radius 1 is 1.12 bits per heavy atom. The molecule has 9 heteroatoms. The van der Waals surface area contributed by atoms with Gasteiger partial charge in [0.1, 0.15) is 5.54 Å². The van der Waals surface area contributed by atoms with Gasteiger partial charge in [-0.05, 0) is 43.0 Å². The molecule has 0 saturated carbocycles. The summed E-state index contributed by atoms with van der Waals surface area (Å²) in [5, 5.41) is 4.17. The summed E-state index contributed by atoms with van der Waals surface area (Å²) in [6.45, 7) is 5.90. The van der Waals surface area contributed by atoms with E-state index in [1.807, 2.05) is 67.9 Å². The molecule has 1 fully saturated rings. The average Bonchev–Trinajstić information content (AvgIpc) is 3.38. The molecule has 1 aliphatic rings. The quantitative estimate of drug-likeness (QED) is 0.413. The summed E-state index contributed by atoms with van der Waals surface area (Å²) in [6.07, 6.45) is 3.87. The summed E-state index contributed by atoms with van der Waals surface area (Å²) in [7, 11) is 0. The molecule has 1 unspecified atom stereocenters. The molecule has 0 spiro atoms. The van der Waals surface area contributed by atoms with Gasteiger partial charge in [-0.15, -0.1) is 0 Å². The fraction of sp³-hybridized carbons (Fsp3) is 0.250. The Morgan fingerprint density at radius 2 is 1.88 bits per heavy atom. The molecule has 1 atom stereocenters. The first kappa shape index (κ1) is 22.6. The van der Waals surface area contributed by atoms with Crippen LogP contribution in [0, 0.1) is 13.8 Å². The van der Waals surface area contributed by atoms with E-state index in [0.29, 0.717) is 17.1 Å². The van der Waals surface area contributed by atoms with Crippen LogP contribution in [-0.4, -0.2) is 38.2 Å². The Balaban J connectivity index is 1.45. The van der Waals surface area contributed by atoms with Crippen molar-refractivity contribution in [1.82, 2.24) is 25.3 Å². The highest BCUT2D eigenvalue weighted by molar-refractivity contribution is 7.99. The third-order valence-corrected chi connectivity index (χ3v) is 6.87. The Hall–Kier alpha value is -3.59. The van der Waals surface area contributed by atoms with Crippen molar-refractivity contribution in [2.45, 2.75) is 37.9 Å². The molecule has 1 aromatic heterocycles. The van der Waals surface area contributed by atoms with E-state index in [1.54, 1.807) is 18.3 Å². The zero-order valence-electron chi connectivity index (χ0n) is 18.7. The second-order valence-electron chi connectivity index (χ2n) is 7.82. The monoisotopic (exact) mass is 463 g/mol. The van der Waals surface area contributed by atoms with Gasteiger partial charge < -0.3 is 5.32 Å². The second-order valence-corrected chi connectivity index (χ2v) is 8.76. The van der Waals surface area contributed by atoms with Gasteiger partial charge in [0.05, 0.1) is 11.4 Å². The number of hydrogen-bond acceptors (Lipinski definition) is 5. The van der Waals surface area contributed by atoms with E-state index in [9.17, 15) is 14.4 Å². The smallest absolute Gasteiger partial charge is 0.318 e. The predicted molar refractivity (Wildman–Crippen MR) is 126 cm³/mol. The van der Waals surface area contributed by atoms with Crippen molar-refractivity contribution in [2.75, 3.05) is 5.75 Å². The van der Waals surface area contributed by atoms with Crippen molar-refractivity contribution in [1.29, 1.82) is 0 Å². The summed E-state index contributed by atoms with van der Waals surface area (Å²) < 4.78 is 1.92. The van der Waals surface area contributed by atoms with Crippen LogP contribution in [0.5, 0.6) is 0 Å². The number of thioether (sulfide) groups is 1. The van der Waals surface area contributed by atoms with Crippen molar-refractivity contribution in [2.24, 2.45) is 0 Å². The third kappa shape index (κ3) is 4.11. The molecule has 0 aliphatic carbocycles. The molecule has 4 rings (SSSR count). The van der Waals surface area contributed by atoms with E-state index in [-0.39, 0.29) is 5.75 Å². The number of urea groups is 1. The Labute approximate surface area is 196 Å². The topological polar surface area (TPSA) is 96.3 Å². The van der Waals surface area contributed by atoms with Crippen molar-refractivity contribution >= 4 is 29.6 Å². The van der Waals surface area contributed by atoms with E-state index >= 15 is 0 Å². The maximum atomic E-state index is 13.2. The summed E-state index contributed by atoms with van der Waals surface area (Å²) in [6, 6.07) is 14.4. The van der Waals surface area contributed by atoms with Gasteiger partial charge in [0.2, 0.25) is 5.91 Å². The molecular weight excluding hydrogens is 438 g/mol. The molecule has 2 N–H and O–H groups in total. The third-order valence-electron chi connectivity index (χ3n) is 5.90. The number of nitrogens with zero attached hydrogens (tertiary/aromatic N) is 3. The van der Waals surface area contributed by atoms with E-state index in [1.165, 1.54) is 11.8 Å². The van der Waals surface area contributed by atoms with Gasteiger partial charge >= 0.3 is 6.03 Å². The number of hydrazine groups is 1. The normalized spacial score (nSPS) is 17.8. The molecule has 1 saturated heterocycles. The number of carbonyl (C=O) groups is 3. The first-order chi connectivity index (χ1) is 15.9. The van der Waals surface area contributed by atoms with Gasteiger partial charge in [-0.3, -0.25) is 19.6 Å². The molecule has 0 radical (unpaired) electrons. The highest BCUT2D eigenvalue weighted by Gasteiger charge is 2.52. The van der Waals surface area contributed by atoms with E-state index in [4.69, 9.17) is 0 Å². The van der Waals surface area contributed by atoms with Gasteiger partial charge in [-0.2, -0.15) is 5.01 Å². The van der Waals surface area contributed by atoms with Gasteiger partial charge in [0.25, 0.3) is 5.91 Å². The summed E-state index contributed by atoms with van der Waals surface area (Å²) in [4.78, 5) is 42.7. The van der Waals surface area contributed by atoms with Crippen molar-refractivity contribution in [3.63, 3.8) is 0 Å². The zero-order valence-corrected chi connectivity index (χ0v) is 19.5. The minimum Gasteiger partial charge on any atom is -0.318 e. The van der Waals surface area contributed by atoms with Crippen molar-refractivity contribution in [3.8, 4) is 5.69 Å². The standard InChI is InChI=1S/C24H25N5O3S/c1-4-24(18-10-6-5-7-11-18)21(31)29(22(32)26-24)27-20(30)15-33-23-25-13-14-28(23)19-12-8-9-16(2)17(19)3/h5-14H,4,15H2,1-3H3,(H,26,32)(H,27,30). The summed E-state index contributed by atoms with van der Waals surface area (Å²) in [5.74, 6) is -0.987. The Morgan fingerprint density at radius 3 is 2.61 bits per heavy atom. The molecule has 1 aliphatic heterocycles. The van der Waals surface area contributed by atoms with Crippen LogP contribution in [0.3, 0.4) is 0 Å². The first-order valence-corrected chi connectivity index (χ1v) is 11.6. The number of amides is 4. The first-order valence-electron chi connectivity index (χ1n) is 10.6. The number of imidazole rings is 1. The number of aromatic nitrogens is 2. The molecule has 2 heterocycles. The lowest BCUT2D eigenvalue weighted by atomic mass is 9.87. The van der Waals surface area contributed by atoms with Crippen molar-refractivity contribution in [3.05, 3.63) is 77.6 Å². The Kier molecular flexibility index (Phi) is 6.24. The number of nitrogens with one attached hydrogen (secondary N) is 2. The van der Waals surface area contributed by atoms with Crippen LogP contribution in [0.2, 0.25) is 0 Å². The molecule has 3 aromatic rings. The van der Waals surface area contributed by atoms with Gasteiger partial charge in [-0.1, -0.05) is 61.2 Å². The molecular formula is C24H25N5O3S. The average molecular weight is 464 g/mol.